The Morgan fingerprint density at radius 3 is 2.83 bits per heavy atom. The second kappa shape index (κ2) is 6.69. The van der Waals surface area contributed by atoms with Gasteiger partial charge in [0.2, 0.25) is 0 Å². The van der Waals surface area contributed by atoms with Crippen LogP contribution in [0.5, 0.6) is 0 Å². The Bertz CT molecular complexity index is 293. The number of rotatable bonds is 5. The van der Waals surface area contributed by atoms with E-state index in [1.807, 2.05) is 0 Å². The van der Waals surface area contributed by atoms with Gasteiger partial charge in [-0.2, -0.15) is 0 Å². The summed E-state index contributed by atoms with van der Waals surface area (Å²) in [5, 5.41) is 0. The van der Waals surface area contributed by atoms with Gasteiger partial charge in [-0.3, -0.25) is 0 Å². The fourth-order valence-electron chi connectivity index (χ4n) is 3.40. The van der Waals surface area contributed by atoms with Crippen molar-refractivity contribution in [2.24, 2.45) is 5.73 Å². The highest BCUT2D eigenvalue weighted by Gasteiger charge is 2.38. The Kier molecular flexibility index (Phi) is 5.22. The van der Waals surface area contributed by atoms with Gasteiger partial charge in [0.05, 0.1) is 18.8 Å². The molecule has 0 bridgehead atoms. The van der Waals surface area contributed by atoms with Crippen LogP contribution in [-0.2, 0) is 9.47 Å². The van der Waals surface area contributed by atoms with Crippen molar-refractivity contribution in [3.8, 4) is 0 Å². The van der Waals surface area contributed by atoms with Crippen LogP contribution >= 0.6 is 0 Å². The van der Waals surface area contributed by atoms with Gasteiger partial charge in [-0.25, -0.2) is 0 Å². The lowest BCUT2D eigenvalue weighted by molar-refractivity contribution is -0.0565. The highest BCUT2D eigenvalue weighted by Crippen LogP contribution is 2.42. The topological polar surface area (TPSA) is 44.5 Å². The smallest absolute Gasteiger partial charge is 0.0719 e. The molecule has 1 aliphatic carbocycles. The Labute approximate surface area is 111 Å². The summed E-state index contributed by atoms with van der Waals surface area (Å²) in [6, 6.07) is 0. The Morgan fingerprint density at radius 2 is 2.17 bits per heavy atom. The average Bonchev–Trinajstić information content (AvgIpc) is 2.82. The van der Waals surface area contributed by atoms with Crippen molar-refractivity contribution < 1.29 is 9.47 Å². The predicted molar refractivity (Wildman–Crippen MR) is 73.6 cm³/mol. The van der Waals surface area contributed by atoms with Gasteiger partial charge < -0.3 is 15.2 Å². The lowest BCUT2D eigenvalue weighted by atomic mass is 9.85. The van der Waals surface area contributed by atoms with Gasteiger partial charge in [0.25, 0.3) is 0 Å². The molecule has 0 aromatic heterocycles. The molecule has 0 amide bonds. The molecule has 1 heterocycles. The lowest BCUT2D eigenvalue weighted by Gasteiger charge is -2.36. The van der Waals surface area contributed by atoms with Gasteiger partial charge in [0.1, 0.15) is 0 Å². The van der Waals surface area contributed by atoms with E-state index < -0.39 is 0 Å². The maximum absolute atomic E-state index is 6.09. The van der Waals surface area contributed by atoms with Gasteiger partial charge in [0.15, 0.2) is 0 Å². The minimum Gasteiger partial charge on any atom is -0.380 e. The highest BCUT2D eigenvalue weighted by atomic mass is 16.5. The van der Waals surface area contributed by atoms with Crippen LogP contribution in [0.1, 0.15) is 51.4 Å². The third-order valence-electron chi connectivity index (χ3n) is 4.36. The van der Waals surface area contributed by atoms with Crippen LogP contribution in [0, 0.1) is 0 Å². The molecule has 0 radical (unpaired) electrons. The summed E-state index contributed by atoms with van der Waals surface area (Å²) >= 11 is 0. The van der Waals surface area contributed by atoms with Crippen LogP contribution in [0.15, 0.2) is 11.1 Å². The molecular formula is C15H27NO2. The fraction of sp³-hybridized carbons (Fsp3) is 0.867. The van der Waals surface area contributed by atoms with Gasteiger partial charge in [-0.15, -0.1) is 0 Å². The number of nitrogens with two attached hydrogens (primary N) is 1. The molecule has 3 heteroatoms. The van der Waals surface area contributed by atoms with Crippen molar-refractivity contribution in [3.63, 3.8) is 0 Å². The molecule has 2 fully saturated rings. The summed E-state index contributed by atoms with van der Waals surface area (Å²) in [7, 11) is 1.79. The number of hydrogen-bond acceptors (Lipinski definition) is 3. The molecule has 1 aliphatic heterocycles. The Hall–Kier alpha value is -0.380. The summed E-state index contributed by atoms with van der Waals surface area (Å²) in [6.45, 7) is 2.43. The Balaban J connectivity index is 2.06. The van der Waals surface area contributed by atoms with Crippen molar-refractivity contribution in [1.29, 1.82) is 0 Å². The molecule has 0 atom stereocenters. The van der Waals surface area contributed by atoms with Crippen LogP contribution in [0.2, 0.25) is 0 Å². The first-order valence-electron chi connectivity index (χ1n) is 7.32. The van der Waals surface area contributed by atoms with E-state index in [1.54, 1.807) is 12.7 Å². The van der Waals surface area contributed by atoms with E-state index in [1.165, 1.54) is 31.3 Å². The Morgan fingerprint density at radius 1 is 1.39 bits per heavy atom. The van der Waals surface area contributed by atoms with Gasteiger partial charge in [-0.05, 0) is 50.6 Å². The molecule has 3 nitrogen and oxygen atoms in total. The molecule has 104 valence electrons. The maximum atomic E-state index is 6.09. The van der Waals surface area contributed by atoms with Crippen LogP contribution in [0.25, 0.3) is 0 Å². The highest BCUT2D eigenvalue weighted by molar-refractivity contribution is 5.20. The van der Waals surface area contributed by atoms with Crippen molar-refractivity contribution in [3.05, 3.63) is 11.1 Å². The minimum absolute atomic E-state index is 0.176. The molecule has 2 N–H and O–H groups in total. The lowest BCUT2D eigenvalue weighted by Crippen LogP contribution is -2.34. The van der Waals surface area contributed by atoms with Crippen LogP contribution in [0.3, 0.4) is 0 Å². The first-order valence-corrected chi connectivity index (χ1v) is 7.32. The van der Waals surface area contributed by atoms with Crippen LogP contribution < -0.4 is 5.73 Å². The van der Waals surface area contributed by atoms with Gasteiger partial charge in [0, 0.05) is 7.11 Å². The van der Waals surface area contributed by atoms with E-state index in [0.717, 1.165) is 45.4 Å². The van der Waals surface area contributed by atoms with E-state index in [2.05, 4.69) is 0 Å². The molecule has 18 heavy (non-hydrogen) atoms. The summed E-state index contributed by atoms with van der Waals surface area (Å²) in [5.41, 5.74) is 8.89. The standard InChI is InChI=1S/C15H27NO2/c1-17-12-14(5-4-9-16)13-6-10-18-15(11-13)7-2-3-8-15/h2-12,16H2,1H3. The third kappa shape index (κ3) is 3.34. The second-order valence-electron chi connectivity index (χ2n) is 5.70. The normalized spacial score (nSPS) is 25.7. The van der Waals surface area contributed by atoms with Crippen molar-refractivity contribution in [2.75, 3.05) is 26.9 Å². The van der Waals surface area contributed by atoms with Gasteiger partial charge in [-0.1, -0.05) is 18.4 Å². The SMILES string of the molecule is COCC(CCCN)=C1CCOC2(CCCC2)C1. The molecule has 1 saturated heterocycles. The third-order valence-corrected chi connectivity index (χ3v) is 4.36. The summed E-state index contributed by atoms with van der Waals surface area (Å²) in [4.78, 5) is 0. The van der Waals surface area contributed by atoms with E-state index in [4.69, 9.17) is 15.2 Å². The summed E-state index contributed by atoms with van der Waals surface area (Å²) < 4.78 is 11.5. The van der Waals surface area contributed by atoms with E-state index >= 15 is 0 Å². The molecule has 0 aromatic rings. The molecule has 0 unspecified atom stereocenters. The monoisotopic (exact) mass is 253 g/mol. The minimum atomic E-state index is 0.176. The van der Waals surface area contributed by atoms with Gasteiger partial charge >= 0.3 is 0 Å². The summed E-state index contributed by atoms with van der Waals surface area (Å²) in [6.07, 6.45) is 9.53. The zero-order valence-corrected chi connectivity index (χ0v) is 11.7. The van der Waals surface area contributed by atoms with E-state index in [-0.39, 0.29) is 5.60 Å². The fourth-order valence-corrected chi connectivity index (χ4v) is 3.40. The number of methoxy groups -OCH3 is 1. The van der Waals surface area contributed by atoms with Crippen LogP contribution in [-0.4, -0.2) is 32.5 Å². The molecular weight excluding hydrogens is 226 g/mol. The molecule has 2 rings (SSSR count). The average molecular weight is 253 g/mol. The zero-order chi connectivity index (χ0) is 12.8. The first-order chi connectivity index (χ1) is 8.79. The number of ether oxygens (including phenoxy) is 2. The largest absolute Gasteiger partial charge is 0.380 e. The predicted octanol–water partition coefficient (Wildman–Crippen LogP) is 2.79. The second-order valence-corrected chi connectivity index (χ2v) is 5.70. The van der Waals surface area contributed by atoms with Crippen molar-refractivity contribution >= 4 is 0 Å². The molecule has 1 saturated carbocycles. The van der Waals surface area contributed by atoms with E-state index in [0.29, 0.717) is 0 Å². The molecule has 2 aliphatic rings. The quantitative estimate of drug-likeness (QED) is 0.766. The first kappa shape index (κ1) is 14.0. The van der Waals surface area contributed by atoms with Crippen LogP contribution in [0.4, 0.5) is 0 Å². The zero-order valence-electron chi connectivity index (χ0n) is 11.7. The molecule has 1 spiro atoms. The van der Waals surface area contributed by atoms with Crippen molar-refractivity contribution in [2.45, 2.75) is 57.0 Å². The number of hydrogen-bond donors (Lipinski definition) is 1. The molecule has 0 aromatic carbocycles. The van der Waals surface area contributed by atoms with E-state index in [9.17, 15) is 0 Å². The maximum Gasteiger partial charge on any atom is 0.0719 e. The summed E-state index contributed by atoms with van der Waals surface area (Å²) in [5.74, 6) is 0. The van der Waals surface area contributed by atoms with Crippen molar-refractivity contribution in [1.82, 2.24) is 0 Å².